The summed E-state index contributed by atoms with van der Waals surface area (Å²) in [6.07, 6.45) is 5.44. The molecule has 1 N–H and O–H groups in total. The van der Waals surface area contributed by atoms with Gasteiger partial charge in [0.15, 0.2) is 23.1 Å². The zero-order valence-electron chi connectivity index (χ0n) is 18.3. The summed E-state index contributed by atoms with van der Waals surface area (Å²) in [4.78, 5) is 12.7. The van der Waals surface area contributed by atoms with Crippen LogP contribution in [0.3, 0.4) is 0 Å². The van der Waals surface area contributed by atoms with Gasteiger partial charge in [-0.25, -0.2) is 19.6 Å². The summed E-state index contributed by atoms with van der Waals surface area (Å²) in [5, 5.41) is 19.1. The Hall–Kier alpha value is -4.12. The van der Waals surface area contributed by atoms with Crippen LogP contribution in [0.1, 0.15) is 30.0 Å². The Labute approximate surface area is 202 Å². The van der Waals surface area contributed by atoms with Gasteiger partial charge in [-0.05, 0) is 36.8 Å². The van der Waals surface area contributed by atoms with E-state index in [1.54, 1.807) is 29.2 Å². The van der Waals surface area contributed by atoms with Crippen molar-refractivity contribution in [3.05, 3.63) is 94.9 Å². The molecule has 1 aromatic carbocycles. The molecule has 9 nitrogen and oxygen atoms in total. The lowest BCUT2D eigenvalue weighted by Gasteiger charge is -2.16. The summed E-state index contributed by atoms with van der Waals surface area (Å²) >= 11 is 6.25. The van der Waals surface area contributed by atoms with Crippen molar-refractivity contribution in [2.75, 3.05) is 11.9 Å². The standard InChI is InChI=1S/C23H18ClF2N7O2/c1-14(16-10-15(24)5-6-17(16)32-13-27-12-30-32)22-31-20-18(35-22)7-8-28-21(20)29-11-23(25,26)19-4-2-3-9-33(19)34/h2-10,12-14H,11H2,1H3,(H,28,29). The molecule has 1 atom stereocenters. The van der Waals surface area contributed by atoms with E-state index in [0.29, 0.717) is 16.5 Å². The number of benzene rings is 1. The number of hydrogen-bond donors (Lipinski definition) is 1. The van der Waals surface area contributed by atoms with Gasteiger partial charge in [0.05, 0.1) is 18.2 Å². The van der Waals surface area contributed by atoms with E-state index in [2.05, 4.69) is 25.4 Å². The number of nitrogens with zero attached hydrogens (tertiary/aromatic N) is 6. The Morgan fingerprint density at radius 2 is 2.11 bits per heavy atom. The van der Waals surface area contributed by atoms with Crippen molar-refractivity contribution in [3.8, 4) is 5.69 Å². The maximum atomic E-state index is 14.7. The number of fused-ring (bicyclic) bond motifs is 1. The van der Waals surface area contributed by atoms with Gasteiger partial charge in [0.2, 0.25) is 5.89 Å². The summed E-state index contributed by atoms with van der Waals surface area (Å²) in [7, 11) is 0. The number of aromatic nitrogens is 6. The fourth-order valence-corrected chi connectivity index (χ4v) is 3.91. The van der Waals surface area contributed by atoms with Gasteiger partial charge in [-0.15, -0.1) is 0 Å². The van der Waals surface area contributed by atoms with E-state index in [1.807, 2.05) is 13.0 Å². The van der Waals surface area contributed by atoms with Crippen LogP contribution in [0.2, 0.25) is 5.02 Å². The smallest absolute Gasteiger partial charge is 0.347 e. The van der Waals surface area contributed by atoms with Crippen molar-refractivity contribution in [1.29, 1.82) is 0 Å². The first-order valence-electron chi connectivity index (χ1n) is 10.5. The third-order valence-corrected chi connectivity index (χ3v) is 5.73. The number of hydrogen-bond acceptors (Lipinski definition) is 7. The van der Waals surface area contributed by atoms with Crippen LogP contribution in [0.4, 0.5) is 14.6 Å². The third-order valence-electron chi connectivity index (χ3n) is 5.49. The summed E-state index contributed by atoms with van der Waals surface area (Å²) in [6, 6.07) is 10.8. The minimum absolute atomic E-state index is 0.111. The molecule has 0 fully saturated rings. The van der Waals surface area contributed by atoms with E-state index in [9.17, 15) is 14.0 Å². The van der Waals surface area contributed by atoms with Crippen molar-refractivity contribution in [2.24, 2.45) is 0 Å². The molecule has 5 rings (SSSR count). The summed E-state index contributed by atoms with van der Waals surface area (Å²) in [6.45, 7) is 1.03. The molecule has 0 saturated heterocycles. The van der Waals surface area contributed by atoms with Crippen molar-refractivity contribution in [3.63, 3.8) is 0 Å². The number of rotatable bonds is 7. The second-order valence-corrected chi connectivity index (χ2v) is 8.23. The number of anilines is 1. The molecule has 0 aliphatic rings. The van der Waals surface area contributed by atoms with E-state index in [0.717, 1.165) is 23.5 Å². The molecule has 4 aromatic heterocycles. The molecule has 0 saturated carbocycles. The normalized spacial score (nSPS) is 12.7. The van der Waals surface area contributed by atoms with Gasteiger partial charge in [-0.1, -0.05) is 11.6 Å². The Kier molecular flexibility index (Phi) is 5.77. The molecule has 0 aliphatic heterocycles. The average Bonchev–Trinajstić information content (AvgIpc) is 3.53. The lowest BCUT2D eigenvalue weighted by Crippen LogP contribution is -2.40. The highest BCUT2D eigenvalue weighted by Crippen LogP contribution is 2.34. The molecule has 4 heterocycles. The zero-order valence-corrected chi connectivity index (χ0v) is 19.0. The van der Waals surface area contributed by atoms with Gasteiger partial charge in [0, 0.05) is 29.4 Å². The Morgan fingerprint density at radius 3 is 2.89 bits per heavy atom. The van der Waals surface area contributed by atoms with Gasteiger partial charge < -0.3 is 14.9 Å². The Balaban J connectivity index is 1.46. The summed E-state index contributed by atoms with van der Waals surface area (Å²) < 4.78 is 37.1. The van der Waals surface area contributed by atoms with Crippen LogP contribution >= 0.6 is 11.6 Å². The molecule has 35 heavy (non-hydrogen) atoms. The van der Waals surface area contributed by atoms with E-state index in [4.69, 9.17) is 16.0 Å². The van der Waals surface area contributed by atoms with Gasteiger partial charge in [-0.3, -0.25) is 0 Å². The summed E-state index contributed by atoms with van der Waals surface area (Å²) in [5.41, 5.74) is 1.52. The van der Waals surface area contributed by atoms with Gasteiger partial charge in [-0.2, -0.15) is 18.6 Å². The minimum Gasteiger partial charge on any atom is -0.618 e. The molecule has 5 aromatic rings. The maximum absolute atomic E-state index is 14.7. The molecular weight excluding hydrogens is 480 g/mol. The number of halogens is 3. The van der Waals surface area contributed by atoms with Crippen LogP contribution in [-0.4, -0.2) is 31.3 Å². The van der Waals surface area contributed by atoms with Crippen molar-refractivity contribution >= 4 is 28.5 Å². The van der Waals surface area contributed by atoms with Crippen LogP contribution in [0.15, 0.2) is 71.9 Å². The number of pyridine rings is 2. The highest BCUT2D eigenvalue weighted by Gasteiger charge is 2.39. The Bertz CT molecular complexity index is 1490. The largest absolute Gasteiger partial charge is 0.618 e. The van der Waals surface area contributed by atoms with Gasteiger partial charge >= 0.3 is 5.92 Å². The third kappa shape index (κ3) is 4.37. The van der Waals surface area contributed by atoms with E-state index >= 15 is 0 Å². The van der Waals surface area contributed by atoms with Crippen LogP contribution in [0.5, 0.6) is 0 Å². The topological polar surface area (TPSA) is 109 Å². The van der Waals surface area contributed by atoms with E-state index < -0.39 is 18.2 Å². The van der Waals surface area contributed by atoms with E-state index in [1.165, 1.54) is 24.7 Å². The lowest BCUT2D eigenvalue weighted by atomic mass is 9.99. The van der Waals surface area contributed by atoms with Crippen LogP contribution in [0.25, 0.3) is 16.8 Å². The molecule has 1 unspecified atom stereocenters. The fraction of sp³-hybridized carbons (Fsp3) is 0.174. The first-order valence-corrected chi connectivity index (χ1v) is 10.9. The monoisotopic (exact) mass is 497 g/mol. The van der Waals surface area contributed by atoms with Crippen LogP contribution in [0, 0.1) is 5.21 Å². The number of oxazole rings is 1. The first kappa shape index (κ1) is 22.7. The SMILES string of the molecule is CC(c1nc2c(NCC(F)(F)c3cccc[n+]3[O-])nccc2o1)c1cc(Cl)ccc1-n1cncn1. The second-order valence-electron chi connectivity index (χ2n) is 7.79. The average molecular weight is 498 g/mol. The lowest BCUT2D eigenvalue weighted by molar-refractivity contribution is -0.624. The van der Waals surface area contributed by atoms with Crippen molar-refractivity contribution in [1.82, 2.24) is 24.7 Å². The van der Waals surface area contributed by atoms with Gasteiger partial charge in [0.1, 0.15) is 12.7 Å². The van der Waals surface area contributed by atoms with Crippen LogP contribution in [-0.2, 0) is 5.92 Å². The number of alkyl halides is 2. The Morgan fingerprint density at radius 1 is 1.26 bits per heavy atom. The second kappa shape index (κ2) is 8.91. The fourth-order valence-electron chi connectivity index (χ4n) is 3.73. The highest BCUT2D eigenvalue weighted by atomic mass is 35.5. The number of nitrogens with one attached hydrogen (secondary N) is 1. The molecule has 0 radical (unpaired) electrons. The molecule has 12 heteroatoms. The first-order chi connectivity index (χ1) is 16.8. The van der Waals surface area contributed by atoms with Crippen molar-refractivity contribution < 1.29 is 17.9 Å². The summed E-state index contributed by atoms with van der Waals surface area (Å²) in [5.74, 6) is -3.36. The molecule has 0 amide bonds. The molecule has 0 spiro atoms. The predicted octanol–water partition coefficient (Wildman–Crippen LogP) is 4.45. The zero-order chi connectivity index (χ0) is 24.6. The van der Waals surface area contributed by atoms with Gasteiger partial charge in [0.25, 0.3) is 5.69 Å². The van der Waals surface area contributed by atoms with E-state index in [-0.39, 0.29) is 22.0 Å². The molecular formula is C23H18ClF2N7O2. The maximum Gasteiger partial charge on any atom is 0.347 e. The predicted molar refractivity (Wildman–Crippen MR) is 123 cm³/mol. The van der Waals surface area contributed by atoms with Crippen LogP contribution < -0.4 is 10.0 Å². The molecule has 178 valence electrons. The quantitative estimate of drug-likeness (QED) is 0.261. The molecule has 0 aliphatic carbocycles. The van der Waals surface area contributed by atoms with Crippen molar-refractivity contribution in [2.45, 2.75) is 18.8 Å². The molecule has 0 bridgehead atoms. The minimum atomic E-state index is -3.44. The highest BCUT2D eigenvalue weighted by molar-refractivity contribution is 6.30.